The van der Waals surface area contributed by atoms with E-state index in [1.165, 1.54) is 0 Å². The zero-order valence-corrected chi connectivity index (χ0v) is 12.4. The summed E-state index contributed by atoms with van der Waals surface area (Å²) >= 11 is 3.38. The highest BCUT2D eigenvalue weighted by molar-refractivity contribution is 9.10. The standard InChI is InChI=1S/C15H13BrF3N/c1-2-9-5-11(16)3-4-15(9)20-8-10-6-13(18)14(19)7-12(10)17/h3-7,20H,2,8H2,1H3. The Hall–Kier alpha value is -1.49. The van der Waals surface area contributed by atoms with E-state index in [0.717, 1.165) is 28.2 Å². The quantitative estimate of drug-likeness (QED) is 0.766. The molecule has 0 aliphatic heterocycles. The van der Waals surface area contributed by atoms with E-state index in [2.05, 4.69) is 21.2 Å². The zero-order valence-electron chi connectivity index (χ0n) is 10.8. The van der Waals surface area contributed by atoms with Gasteiger partial charge in [-0.2, -0.15) is 0 Å². The molecule has 0 atom stereocenters. The maximum atomic E-state index is 13.5. The topological polar surface area (TPSA) is 12.0 Å². The predicted octanol–water partition coefficient (Wildman–Crippen LogP) is 5.04. The molecule has 0 aliphatic carbocycles. The van der Waals surface area contributed by atoms with Gasteiger partial charge in [-0.3, -0.25) is 0 Å². The third-order valence-electron chi connectivity index (χ3n) is 3.01. The molecule has 1 N–H and O–H groups in total. The van der Waals surface area contributed by atoms with Crippen LogP contribution in [-0.2, 0) is 13.0 Å². The summed E-state index contributed by atoms with van der Waals surface area (Å²) in [4.78, 5) is 0. The van der Waals surface area contributed by atoms with Crippen molar-refractivity contribution in [1.82, 2.24) is 0 Å². The highest BCUT2D eigenvalue weighted by Gasteiger charge is 2.10. The van der Waals surface area contributed by atoms with Gasteiger partial charge in [0.1, 0.15) is 5.82 Å². The monoisotopic (exact) mass is 343 g/mol. The van der Waals surface area contributed by atoms with Crippen molar-refractivity contribution in [1.29, 1.82) is 0 Å². The molecule has 2 rings (SSSR count). The van der Waals surface area contributed by atoms with Crippen molar-refractivity contribution in [3.63, 3.8) is 0 Å². The van der Waals surface area contributed by atoms with Gasteiger partial charge in [-0.25, -0.2) is 13.2 Å². The lowest BCUT2D eigenvalue weighted by Gasteiger charge is -2.12. The van der Waals surface area contributed by atoms with Crippen molar-refractivity contribution in [3.8, 4) is 0 Å². The van der Waals surface area contributed by atoms with Crippen molar-refractivity contribution in [2.75, 3.05) is 5.32 Å². The Morgan fingerprint density at radius 2 is 1.65 bits per heavy atom. The Morgan fingerprint density at radius 3 is 2.35 bits per heavy atom. The molecule has 5 heteroatoms. The van der Waals surface area contributed by atoms with Crippen LogP contribution in [0.2, 0.25) is 0 Å². The van der Waals surface area contributed by atoms with Crippen molar-refractivity contribution < 1.29 is 13.2 Å². The van der Waals surface area contributed by atoms with Gasteiger partial charge >= 0.3 is 0 Å². The van der Waals surface area contributed by atoms with Crippen molar-refractivity contribution in [3.05, 3.63) is 63.4 Å². The van der Waals surface area contributed by atoms with E-state index < -0.39 is 17.5 Å². The van der Waals surface area contributed by atoms with Crippen LogP contribution in [0, 0.1) is 17.5 Å². The molecule has 0 bridgehead atoms. The molecule has 0 radical (unpaired) electrons. The fourth-order valence-electron chi connectivity index (χ4n) is 1.92. The molecule has 0 aliphatic rings. The van der Waals surface area contributed by atoms with Crippen LogP contribution in [0.3, 0.4) is 0 Å². The highest BCUT2D eigenvalue weighted by atomic mass is 79.9. The van der Waals surface area contributed by atoms with E-state index in [1.807, 2.05) is 25.1 Å². The summed E-state index contributed by atoms with van der Waals surface area (Å²) in [7, 11) is 0. The van der Waals surface area contributed by atoms with E-state index in [-0.39, 0.29) is 12.1 Å². The Morgan fingerprint density at radius 1 is 0.950 bits per heavy atom. The molecular formula is C15H13BrF3N. The minimum atomic E-state index is -1.18. The largest absolute Gasteiger partial charge is 0.381 e. The van der Waals surface area contributed by atoms with Crippen LogP contribution in [-0.4, -0.2) is 0 Å². The Kier molecular flexibility index (Phi) is 4.70. The minimum Gasteiger partial charge on any atom is -0.381 e. The van der Waals surface area contributed by atoms with Crippen LogP contribution >= 0.6 is 15.9 Å². The van der Waals surface area contributed by atoms with Gasteiger partial charge in [0.2, 0.25) is 0 Å². The lowest BCUT2D eigenvalue weighted by Crippen LogP contribution is -2.05. The highest BCUT2D eigenvalue weighted by Crippen LogP contribution is 2.23. The van der Waals surface area contributed by atoms with Crippen molar-refractivity contribution in [2.45, 2.75) is 19.9 Å². The van der Waals surface area contributed by atoms with Gasteiger partial charge < -0.3 is 5.32 Å². The summed E-state index contributed by atoms with van der Waals surface area (Å²) in [5.41, 5.74) is 2.00. The third-order valence-corrected chi connectivity index (χ3v) is 3.50. The second-order valence-corrected chi connectivity index (χ2v) is 5.28. The van der Waals surface area contributed by atoms with E-state index in [0.29, 0.717) is 6.07 Å². The number of aryl methyl sites for hydroxylation is 1. The zero-order chi connectivity index (χ0) is 14.7. The van der Waals surface area contributed by atoms with Crippen LogP contribution in [0.15, 0.2) is 34.8 Å². The smallest absolute Gasteiger partial charge is 0.161 e. The first-order chi connectivity index (χ1) is 9.51. The van der Waals surface area contributed by atoms with E-state index >= 15 is 0 Å². The lowest BCUT2D eigenvalue weighted by atomic mass is 10.1. The fourth-order valence-corrected chi connectivity index (χ4v) is 2.33. The summed E-state index contributed by atoms with van der Waals surface area (Å²) < 4.78 is 40.4. The second kappa shape index (κ2) is 6.31. The van der Waals surface area contributed by atoms with E-state index in [1.54, 1.807) is 0 Å². The molecule has 2 aromatic rings. The predicted molar refractivity (Wildman–Crippen MR) is 77.2 cm³/mol. The SMILES string of the molecule is CCc1cc(Br)ccc1NCc1cc(F)c(F)cc1F. The number of rotatable bonds is 4. The maximum Gasteiger partial charge on any atom is 0.161 e. The number of benzene rings is 2. The number of anilines is 1. The fraction of sp³-hybridized carbons (Fsp3) is 0.200. The molecule has 106 valence electrons. The molecule has 0 aromatic heterocycles. The molecule has 0 saturated carbocycles. The minimum absolute atomic E-state index is 0.0915. The molecule has 0 fully saturated rings. The third kappa shape index (κ3) is 3.33. The summed E-state index contributed by atoms with van der Waals surface area (Å²) in [6, 6.07) is 7.13. The van der Waals surface area contributed by atoms with Gasteiger partial charge in [0.25, 0.3) is 0 Å². The summed E-state index contributed by atoms with van der Waals surface area (Å²) in [5, 5.41) is 3.05. The molecule has 20 heavy (non-hydrogen) atoms. The summed E-state index contributed by atoms with van der Waals surface area (Å²) in [6.07, 6.45) is 0.808. The summed E-state index contributed by atoms with van der Waals surface area (Å²) in [6.45, 7) is 2.10. The first-order valence-corrected chi connectivity index (χ1v) is 6.96. The Balaban J connectivity index is 2.19. The molecule has 0 amide bonds. The molecular weight excluding hydrogens is 331 g/mol. The van der Waals surface area contributed by atoms with Crippen LogP contribution in [0.25, 0.3) is 0 Å². The van der Waals surface area contributed by atoms with Crippen molar-refractivity contribution >= 4 is 21.6 Å². The first kappa shape index (κ1) is 14.9. The van der Waals surface area contributed by atoms with Crippen LogP contribution in [0.4, 0.5) is 18.9 Å². The second-order valence-electron chi connectivity index (χ2n) is 4.37. The maximum absolute atomic E-state index is 13.5. The average Bonchev–Trinajstić information content (AvgIpc) is 2.42. The summed E-state index contributed by atoms with van der Waals surface area (Å²) in [5.74, 6) is -2.98. The van der Waals surface area contributed by atoms with Crippen molar-refractivity contribution in [2.24, 2.45) is 0 Å². The molecule has 2 aromatic carbocycles. The van der Waals surface area contributed by atoms with Crippen LogP contribution in [0.5, 0.6) is 0 Å². The van der Waals surface area contributed by atoms with Gasteiger partial charge in [-0.1, -0.05) is 22.9 Å². The Bertz CT molecular complexity index is 629. The van der Waals surface area contributed by atoms with Gasteiger partial charge in [-0.15, -0.1) is 0 Å². The number of halogens is 4. The normalized spacial score (nSPS) is 10.7. The number of hydrogen-bond donors (Lipinski definition) is 1. The molecule has 0 unspecified atom stereocenters. The van der Waals surface area contributed by atoms with Gasteiger partial charge in [0, 0.05) is 28.3 Å². The molecule has 1 nitrogen and oxygen atoms in total. The van der Waals surface area contributed by atoms with E-state index in [4.69, 9.17) is 0 Å². The molecule has 0 spiro atoms. The lowest BCUT2D eigenvalue weighted by molar-refractivity contribution is 0.490. The molecule has 0 heterocycles. The number of hydrogen-bond acceptors (Lipinski definition) is 1. The average molecular weight is 344 g/mol. The van der Waals surface area contributed by atoms with Crippen LogP contribution < -0.4 is 5.32 Å². The Labute approximate surface area is 123 Å². The van der Waals surface area contributed by atoms with Gasteiger partial charge in [0.05, 0.1) is 0 Å². The van der Waals surface area contributed by atoms with Crippen LogP contribution in [0.1, 0.15) is 18.1 Å². The van der Waals surface area contributed by atoms with E-state index in [9.17, 15) is 13.2 Å². The number of nitrogens with one attached hydrogen (secondary N) is 1. The first-order valence-electron chi connectivity index (χ1n) is 6.17. The molecule has 0 saturated heterocycles. The van der Waals surface area contributed by atoms with Gasteiger partial charge in [0.15, 0.2) is 11.6 Å². The van der Waals surface area contributed by atoms with Gasteiger partial charge in [-0.05, 0) is 36.2 Å².